The molecule has 0 saturated heterocycles. The lowest BCUT2D eigenvalue weighted by Gasteiger charge is -2.07. The second-order valence-electron chi connectivity index (χ2n) is 8.08. The smallest absolute Gasteiger partial charge is 0.345 e. The van der Waals surface area contributed by atoms with Gasteiger partial charge in [-0.15, -0.1) is 0 Å². The van der Waals surface area contributed by atoms with Crippen LogP contribution in [0.25, 0.3) is 0 Å². The van der Waals surface area contributed by atoms with Crippen LogP contribution in [0.3, 0.4) is 0 Å². The molecule has 37 heavy (non-hydrogen) atoms. The third-order valence-electron chi connectivity index (χ3n) is 5.24. The number of nitrogens with zero attached hydrogens (tertiary/aromatic N) is 1. The van der Waals surface area contributed by atoms with Gasteiger partial charge in [0.2, 0.25) is 0 Å². The lowest BCUT2D eigenvalue weighted by molar-refractivity contribution is 0.0734. The van der Waals surface area contributed by atoms with Crippen molar-refractivity contribution in [2.24, 2.45) is 5.10 Å². The number of esters is 1. The summed E-state index contributed by atoms with van der Waals surface area (Å²) < 4.78 is 11.2. The zero-order valence-electron chi connectivity index (χ0n) is 19.8. The van der Waals surface area contributed by atoms with Crippen LogP contribution in [0.2, 0.25) is 10.0 Å². The van der Waals surface area contributed by atoms with Crippen LogP contribution in [0.5, 0.6) is 11.5 Å². The summed E-state index contributed by atoms with van der Waals surface area (Å²) in [6.07, 6.45) is 1.45. The molecule has 0 radical (unpaired) electrons. The fourth-order valence-electron chi connectivity index (χ4n) is 3.26. The molecule has 6 nitrogen and oxygen atoms in total. The van der Waals surface area contributed by atoms with Crippen LogP contribution in [0.1, 0.15) is 37.4 Å². The molecule has 0 aliphatic rings. The molecule has 0 bridgehead atoms. The Morgan fingerprint density at radius 1 is 0.892 bits per heavy atom. The molecule has 0 aliphatic heterocycles. The van der Waals surface area contributed by atoms with E-state index in [1.807, 2.05) is 31.2 Å². The SMILES string of the molecule is Cc1ccc(COc2ccc(C(=O)N/N=C/c3cccc(OC(=O)c4ccc(Cl)cc4Cl)c3)cc2)cc1. The van der Waals surface area contributed by atoms with Gasteiger partial charge in [0.05, 0.1) is 16.8 Å². The van der Waals surface area contributed by atoms with Gasteiger partial charge in [0.15, 0.2) is 0 Å². The number of carbonyl (C=O) groups excluding carboxylic acids is 2. The zero-order valence-corrected chi connectivity index (χ0v) is 21.3. The largest absolute Gasteiger partial charge is 0.489 e. The third kappa shape index (κ3) is 7.43. The molecule has 4 aromatic carbocycles. The number of ether oxygens (including phenoxy) is 2. The minimum absolute atomic E-state index is 0.198. The maximum absolute atomic E-state index is 12.4. The maximum Gasteiger partial charge on any atom is 0.345 e. The number of carbonyl (C=O) groups is 2. The van der Waals surface area contributed by atoms with Gasteiger partial charge in [-0.1, -0.05) is 65.2 Å². The van der Waals surface area contributed by atoms with Gasteiger partial charge in [0.25, 0.3) is 5.91 Å². The van der Waals surface area contributed by atoms with Crippen molar-refractivity contribution in [2.75, 3.05) is 0 Å². The molecule has 0 aliphatic carbocycles. The highest BCUT2D eigenvalue weighted by Gasteiger charge is 2.13. The van der Waals surface area contributed by atoms with Crippen LogP contribution in [0, 0.1) is 6.92 Å². The van der Waals surface area contributed by atoms with E-state index in [0.29, 0.717) is 34.3 Å². The molecule has 0 saturated carbocycles. The second-order valence-corrected chi connectivity index (χ2v) is 8.93. The molecule has 0 fully saturated rings. The first-order valence-corrected chi connectivity index (χ1v) is 12.0. The average molecular weight is 533 g/mol. The number of amides is 1. The van der Waals surface area contributed by atoms with Crippen molar-refractivity contribution in [3.63, 3.8) is 0 Å². The van der Waals surface area contributed by atoms with E-state index in [0.717, 1.165) is 5.56 Å². The van der Waals surface area contributed by atoms with Gasteiger partial charge < -0.3 is 9.47 Å². The van der Waals surface area contributed by atoms with Gasteiger partial charge in [-0.05, 0) is 72.6 Å². The zero-order chi connectivity index (χ0) is 26.2. The molecule has 0 atom stereocenters. The summed E-state index contributed by atoms with van der Waals surface area (Å²) in [4.78, 5) is 24.8. The van der Waals surface area contributed by atoms with Crippen molar-refractivity contribution in [3.8, 4) is 11.5 Å². The number of hydrazone groups is 1. The Morgan fingerprint density at radius 2 is 1.65 bits per heavy atom. The van der Waals surface area contributed by atoms with Gasteiger partial charge in [0.1, 0.15) is 18.1 Å². The molecule has 0 aromatic heterocycles. The Hall–Kier alpha value is -4.13. The fourth-order valence-corrected chi connectivity index (χ4v) is 3.74. The Morgan fingerprint density at radius 3 is 2.38 bits per heavy atom. The lowest BCUT2D eigenvalue weighted by atomic mass is 10.2. The Labute approximate surface area is 224 Å². The van der Waals surface area contributed by atoms with Crippen LogP contribution in [0.4, 0.5) is 0 Å². The second kappa shape index (κ2) is 12.2. The van der Waals surface area contributed by atoms with E-state index >= 15 is 0 Å². The van der Waals surface area contributed by atoms with Gasteiger partial charge in [-0.3, -0.25) is 4.79 Å². The predicted molar refractivity (Wildman–Crippen MR) is 145 cm³/mol. The molecule has 0 heterocycles. The molecule has 186 valence electrons. The van der Waals surface area contributed by atoms with E-state index in [-0.39, 0.29) is 16.5 Å². The number of halogens is 2. The molecule has 8 heteroatoms. The highest BCUT2D eigenvalue weighted by Crippen LogP contribution is 2.23. The first-order valence-electron chi connectivity index (χ1n) is 11.3. The average Bonchev–Trinajstić information content (AvgIpc) is 2.89. The number of benzene rings is 4. The Bertz CT molecular complexity index is 1440. The molecule has 0 spiro atoms. The Kier molecular flexibility index (Phi) is 8.56. The lowest BCUT2D eigenvalue weighted by Crippen LogP contribution is -2.17. The van der Waals surface area contributed by atoms with E-state index in [9.17, 15) is 9.59 Å². The number of aryl methyl sites for hydroxylation is 1. The van der Waals surface area contributed by atoms with Crippen LogP contribution in [-0.4, -0.2) is 18.1 Å². The normalized spacial score (nSPS) is 10.8. The van der Waals surface area contributed by atoms with Crippen molar-refractivity contribution < 1.29 is 19.1 Å². The van der Waals surface area contributed by atoms with Crippen molar-refractivity contribution >= 4 is 41.3 Å². The van der Waals surface area contributed by atoms with Crippen LogP contribution in [0.15, 0.2) is 96.1 Å². The van der Waals surface area contributed by atoms with Crippen molar-refractivity contribution in [3.05, 3.63) is 129 Å². The number of hydrogen-bond donors (Lipinski definition) is 1. The summed E-state index contributed by atoms with van der Waals surface area (Å²) in [5.41, 5.74) is 5.99. The summed E-state index contributed by atoms with van der Waals surface area (Å²) in [6, 6.07) is 26.1. The summed E-state index contributed by atoms with van der Waals surface area (Å²) in [7, 11) is 0. The molecule has 4 aromatic rings. The molecular formula is C29H22Cl2N2O4. The first kappa shape index (κ1) is 25.9. The van der Waals surface area contributed by atoms with Gasteiger partial charge >= 0.3 is 5.97 Å². The van der Waals surface area contributed by atoms with Crippen LogP contribution >= 0.6 is 23.2 Å². The highest BCUT2D eigenvalue weighted by molar-refractivity contribution is 6.36. The topological polar surface area (TPSA) is 77.0 Å². The van der Waals surface area contributed by atoms with Crippen molar-refractivity contribution in [1.29, 1.82) is 0 Å². The molecule has 1 N–H and O–H groups in total. The van der Waals surface area contributed by atoms with Gasteiger partial charge in [0, 0.05) is 10.6 Å². The van der Waals surface area contributed by atoms with E-state index in [4.69, 9.17) is 32.7 Å². The van der Waals surface area contributed by atoms with E-state index < -0.39 is 5.97 Å². The summed E-state index contributed by atoms with van der Waals surface area (Å²) >= 11 is 11.9. The third-order valence-corrected chi connectivity index (χ3v) is 5.79. The van der Waals surface area contributed by atoms with E-state index in [2.05, 4.69) is 10.5 Å². The predicted octanol–water partition coefficient (Wildman–Crippen LogP) is 6.86. The Balaban J connectivity index is 1.30. The van der Waals surface area contributed by atoms with E-state index in [1.165, 1.54) is 23.9 Å². The van der Waals surface area contributed by atoms with Crippen LogP contribution < -0.4 is 14.9 Å². The summed E-state index contributed by atoms with van der Waals surface area (Å²) in [6.45, 7) is 2.48. The van der Waals surface area contributed by atoms with Gasteiger partial charge in [-0.2, -0.15) is 5.10 Å². The standard InChI is InChI=1S/C29H22Cl2N2O4/c1-19-5-7-20(8-6-19)18-36-24-12-9-22(10-13-24)28(34)33-32-17-21-3-2-4-25(15-21)37-29(35)26-14-11-23(30)16-27(26)31/h2-17H,18H2,1H3,(H,33,34)/b32-17+. The monoisotopic (exact) mass is 532 g/mol. The van der Waals surface area contributed by atoms with Crippen LogP contribution in [-0.2, 0) is 6.61 Å². The van der Waals surface area contributed by atoms with Crippen molar-refractivity contribution in [2.45, 2.75) is 13.5 Å². The molecular weight excluding hydrogens is 511 g/mol. The summed E-state index contributed by atoms with van der Waals surface area (Å²) in [5.74, 6) is -0.0314. The minimum atomic E-state index is -0.615. The maximum atomic E-state index is 12.4. The van der Waals surface area contributed by atoms with E-state index in [1.54, 1.807) is 54.6 Å². The number of nitrogens with one attached hydrogen (secondary N) is 1. The first-order chi connectivity index (χ1) is 17.9. The minimum Gasteiger partial charge on any atom is -0.489 e. The quantitative estimate of drug-likeness (QED) is 0.116. The summed E-state index contributed by atoms with van der Waals surface area (Å²) in [5, 5.41) is 4.61. The molecule has 1 amide bonds. The highest BCUT2D eigenvalue weighted by atomic mass is 35.5. The van der Waals surface area contributed by atoms with Crippen molar-refractivity contribution in [1.82, 2.24) is 5.43 Å². The molecule has 4 rings (SSSR count). The molecule has 0 unspecified atom stereocenters. The number of hydrogen-bond acceptors (Lipinski definition) is 5. The van der Waals surface area contributed by atoms with Gasteiger partial charge in [-0.25, -0.2) is 10.2 Å². The number of rotatable bonds is 8. The fraction of sp³-hybridized carbons (Fsp3) is 0.0690.